The van der Waals surface area contributed by atoms with Crippen LogP contribution in [0.4, 0.5) is 11.4 Å². The molecule has 0 saturated heterocycles. The molecule has 0 fully saturated rings. The van der Waals surface area contributed by atoms with E-state index in [-0.39, 0.29) is 30.3 Å². The van der Waals surface area contributed by atoms with Gasteiger partial charge in [-0.3, -0.25) is 19.3 Å². The Morgan fingerprint density at radius 1 is 1.06 bits per heavy atom. The lowest BCUT2D eigenvalue weighted by Crippen LogP contribution is -2.54. The molecule has 2 N–H and O–H groups in total. The van der Waals surface area contributed by atoms with E-state index < -0.39 is 5.60 Å². The molecule has 0 atom stereocenters. The number of fused-ring (bicyclic) bond motifs is 1. The van der Waals surface area contributed by atoms with Crippen molar-refractivity contribution >= 4 is 29.1 Å². The molecule has 7 heteroatoms. The van der Waals surface area contributed by atoms with Gasteiger partial charge in [-0.2, -0.15) is 0 Å². The smallest absolute Gasteiger partial charge is 0.271 e. The fourth-order valence-electron chi connectivity index (χ4n) is 3.37. The van der Waals surface area contributed by atoms with Crippen LogP contribution < -0.4 is 20.3 Å². The van der Waals surface area contributed by atoms with Crippen molar-refractivity contribution in [2.75, 3.05) is 16.8 Å². The number of benzene rings is 2. The highest BCUT2D eigenvalue weighted by molar-refractivity contribution is 6.08. The van der Waals surface area contributed by atoms with Crippen molar-refractivity contribution in [3.63, 3.8) is 0 Å². The number of carbonyl (C=O) groups is 3. The zero-order chi connectivity index (χ0) is 22.9. The Labute approximate surface area is 182 Å². The fraction of sp³-hybridized carbons (Fsp3) is 0.375. The van der Waals surface area contributed by atoms with E-state index in [1.165, 1.54) is 4.90 Å². The van der Waals surface area contributed by atoms with Crippen molar-refractivity contribution in [2.24, 2.45) is 0 Å². The molecule has 7 nitrogen and oxygen atoms in total. The maximum atomic E-state index is 13.1. The van der Waals surface area contributed by atoms with Gasteiger partial charge in [0.25, 0.3) is 11.8 Å². The van der Waals surface area contributed by atoms with Crippen LogP contribution in [-0.2, 0) is 9.59 Å². The minimum atomic E-state index is -1.13. The predicted molar refractivity (Wildman–Crippen MR) is 121 cm³/mol. The van der Waals surface area contributed by atoms with E-state index in [1.807, 2.05) is 45.9 Å². The number of anilines is 2. The summed E-state index contributed by atoms with van der Waals surface area (Å²) in [6.07, 6.45) is 0. The molecule has 3 rings (SSSR count). The van der Waals surface area contributed by atoms with E-state index in [1.54, 1.807) is 32.0 Å². The second-order valence-electron chi connectivity index (χ2n) is 8.66. The number of aryl methyl sites for hydroxylation is 2. The molecule has 0 saturated carbocycles. The van der Waals surface area contributed by atoms with Gasteiger partial charge in [0.2, 0.25) is 5.91 Å². The molecule has 164 valence electrons. The van der Waals surface area contributed by atoms with Gasteiger partial charge in [0.1, 0.15) is 12.3 Å². The Balaban J connectivity index is 1.89. The number of ether oxygens (including phenoxy) is 1. The molecule has 2 aromatic rings. The predicted octanol–water partition coefficient (Wildman–Crippen LogP) is 3.58. The summed E-state index contributed by atoms with van der Waals surface area (Å²) in [6, 6.07) is 10.5. The lowest BCUT2D eigenvalue weighted by Gasteiger charge is -2.38. The van der Waals surface area contributed by atoms with E-state index in [9.17, 15) is 14.4 Å². The van der Waals surface area contributed by atoms with E-state index in [0.29, 0.717) is 22.7 Å². The summed E-state index contributed by atoms with van der Waals surface area (Å²) in [6.45, 7) is 10.8. The first-order valence-electron chi connectivity index (χ1n) is 10.3. The zero-order valence-electron chi connectivity index (χ0n) is 18.8. The van der Waals surface area contributed by atoms with Crippen molar-refractivity contribution in [1.82, 2.24) is 5.32 Å². The van der Waals surface area contributed by atoms with Crippen LogP contribution in [-0.4, -0.2) is 35.9 Å². The first-order chi connectivity index (χ1) is 14.5. The molecule has 0 spiro atoms. The highest BCUT2D eigenvalue weighted by atomic mass is 16.5. The summed E-state index contributed by atoms with van der Waals surface area (Å²) >= 11 is 0. The van der Waals surface area contributed by atoms with E-state index in [0.717, 1.165) is 11.1 Å². The van der Waals surface area contributed by atoms with Crippen LogP contribution in [0.25, 0.3) is 0 Å². The second kappa shape index (κ2) is 8.41. The Kier molecular flexibility index (Phi) is 6.06. The SMILES string of the molecule is Cc1ccc(NC(=O)CN2C(=O)C(C)(C)Oc3ccc(C(=O)NC(C)C)cc32)cc1C. The molecule has 1 aliphatic heterocycles. The first kappa shape index (κ1) is 22.3. The van der Waals surface area contributed by atoms with E-state index in [2.05, 4.69) is 10.6 Å². The van der Waals surface area contributed by atoms with Crippen LogP contribution in [0.3, 0.4) is 0 Å². The summed E-state index contributed by atoms with van der Waals surface area (Å²) in [7, 11) is 0. The highest BCUT2D eigenvalue weighted by Crippen LogP contribution is 2.38. The van der Waals surface area contributed by atoms with Gasteiger partial charge in [-0.1, -0.05) is 6.07 Å². The molecule has 1 heterocycles. The zero-order valence-corrected chi connectivity index (χ0v) is 18.8. The molecule has 2 aromatic carbocycles. The van der Waals surface area contributed by atoms with Crippen molar-refractivity contribution in [3.8, 4) is 5.75 Å². The molecular weight excluding hydrogens is 394 g/mol. The number of amides is 3. The summed E-state index contributed by atoms with van der Waals surface area (Å²) in [5.74, 6) is -0.492. The number of hydrogen-bond acceptors (Lipinski definition) is 4. The molecule has 0 aromatic heterocycles. The van der Waals surface area contributed by atoms with Gasteiger partial charge in [-0.25, -0.2) is 0 Å². The lowest BCUT2D eigenvalue weighted by atomic mass is 10.0. The third kappa shape index (κ3) is 4.87. The summed E-state index contributed by atoms with van der Waals surface area (Å²) < 4.78 is 5.85. The summed E-state index contributed by atoms with van der Waals surface area (Å²) in [4.78, 5) is 39.7. The molecule has 31 heavy (non-hydrogen) atoms. The average Bonchev–Trinajstić information content (AvgIpc) is 2.67. The third-order valence-corrected chi connectivity index (χ3v) is 5.15. The van der Waals surface area contributed by atoms with Gasteiger partial charge in [0.05, 0.1) is 5.69 Å². The van der Waals surface area contributed by atoms with Gasteiger partial charge in [0, 0.05) is 17.3 Å². The van der Waals surface area contributed by atoms with Crippen LogP contribution in [0.2, 0.25) is 0 Å². The minimum absolute atomic E-state index is 0.0276. The highest BCUT2D eigenvalue weighted by Gasteiger charge is 2.41. The van der Waals surface area contributed by atoms with Crippen LogP contribution in [0, 0.1) is 13.8 Å². The van der Waals surface area contributed by atoms with Gasteiger partial charge in [-0.05, 0) is 83.0 Å². The van der Waals surface area contributed by atoms with Crippen LogP contribution in [0.5, 0.6) is 5.75 Å². The molecule has 0 aliphatic carbocycles. The number of nitrogens with one attached hydrogen (secondary N) is 2. The maximum absolute atomic E-state index is 13.1. The van der Waals surface area contributed by atoms with Gasteiger partial charge in [-0.15, -0.1) is 0 Å². The Morgan fingerprint density at radius 3 is 2.42 bits per heavy atom. The molecular formula is C24H29N3O4. The molecule has 0 radical (unpaired) electrons. The van der Waals surface area contributed by atoms with E-state index >= 15 is 0 Å². The summed E-state index contributed by atoms with van der Waals surface area (Å²) in [5, 5.41) is 5.68. The topological polar surface area (TPSA) is 87.7 Å². The molecule has 3 amide bonds. The molecule has 0 bridgehead atoms. The van der Waals surface area contributed by atoms with Gasteiger partial charge >= 0.3 is 0 Å². The lowest BCUT2D eigenvalue weighted by molar-refractivity contribution is -0.133. The quantitative estimate of drug-likeness (QED) is 0.769. The Bertz CT molecular complexity index is 1040. The first-order valence-corrected chi connectivity index (χ1v) is 10.3. The monoisotopic (exact) mass is 423 g/mol. The Morgan fingerprint density at radius 2 is 1.77 bits per heavy atom. The third-order valence-electron chi connectivity index (χ3n) is 5.15. The standard InChI is InChI=1S/C24H29N3O4/c1-14(2)25-22(29)17-8-10-20-19(12-17)27(23(30)24(5,6)31-20)13-21(28)26-18-9-7-15(3)16(4)11-18/h7-12,14H,13H2,1-6H3,(H,25,29)(H,26,28). The van der Waals surface area contributed by atoms with Crippen LogP contribution >= 0.6 is 0 Å². The van der Waals surface area contributed by atoms with Crippen molar-refractivity contribution in [2.45, 2.75) is 53.2 Å². The van der Waals surface area contributed by atoms with Gasteiger partial charge < -0.3 is 15.4 Å². The van der Waals surface area contributed by atoms with Gasteiger partial charge in [0.15, 0.2) is 5.60 Å². The normalized spacial score (nSPS) is 14.7. The van der Waals surface area contributed by atoms with Crippen molar-refractivity contribution < 1.29 is 19.1 Å². The second-order valence-corrected chi connectivity index (χ2v) is 8.66. The number of hydrogen-bond donors (Lipinski definition) is 2. The largest absolute Gasteiger partial charge is 0.476 e. The van der Waals surface area contributed by atoms with Crippen molar-refractivity contribution in [3.05, 3.63) is 53.1 Å². The Hall–Kier alpha value is -3.35. The number of rotatable bonds is 5. The molecule has 0 unspecified atom stereocenters. The average molecular weight is 424 g/mol. The minimum Gasteiger partial charge on any atom is -0.476 e. The fourth-order valence-corrected chi connectivity index (χ4v) is 3.37. The van der Waals surface area contributed by atoms with E-state index in [4.69, 9.17) is 4.74 Å². The summed E-state index contributed by atoms with van der Waals surface area (Å²) in [5.41, 5.74) is 2.52. The maximum Gasteiger partial charge on any atom is 0.271 e. The van der Waals surface area contributed by atoms with Crippen LogP contribution in [0.15, 0.2) is 36.4 Å². The molecule has 1 aliphatic rings. The number of carbonyl (C=O) groups excluding carboxylic acids is 3. The van der Waals surface area contributed by atoms with Crippen LogP contribution in [0.1, 0.15) is 49.2 Å². The number of nitrogens with zero attached hydrogens (tertiary/aromatic N) is 1. The van der Waals surface area contributed by atoms with Crippen molar-refractivity contribution in [1.29, 1.82) is 0 Å².